The van der Waals surface area contributed by atoms with Gasteiger partial charge < -0.3 is 14.0 Å². The van der Waals surface area contributed by atoms with Crippen LogP contribution in [0.15, 0.2) is 83.9 Å². The van der Waals surface area contributed by atoms with E-state index < -0.39 is 11.1 Å². The molecule has 0 atom stereocenters. The molecule has 7 nitrogen and oxygen atoms in total. The molecule has 2 amide bonds. The highest BCUT2D eigenvalue weighted by molar-refractivity contribution is 8.18. The Morgan fingerprint density at radius 3 is 2.38 bits per heavy atom. The van der Waals surface area contributed by atoms with Crippen molar-refractivity contribution in [3.05, 3.63) is 101 Å². The Morgan fingerprint density at radius 1 is 0.950 bits per heavy atom. The number of para-hydroxylation sites is 1. The molecule has 8 heteroatoms. The molecule has 2 heterocycles. The number of aryl methyl sites for hydroxylation is 1. The topological polar surface area (TPSA) is 77.8 Å². The monoisotopic (exact) mass is 554 g/mol. The summed E-state index contributed by atoms with van der Waals surface area (Å²) in [5.41, 5.74) is 3.31. The summed E-state index contributed by atoms with van der Waals surface area (Å²) in [6.07, 6.45) is 3.80. The number of benzene rings is 3. The zero-order chi connectivity index (χ0) is 28.2. The number of carbonyl (C=O) groups is 3. The van der Waals surface area contributed by atoms with Crippen molar-refractivity contribution in [2.45, 2.75) is 33.4 Å². The zero-order valence-corrected chi connectivity index (χ0v) is 23.4. The summed E-state index contributed by atoms with van der Waals surface area (Å²) in [5, 5.41) is 0.513. The van der Waals surface area contributed by atoms with Gasteiger partial charge in [-0.05, 0) is 68.9 Å². The van der Waals surface area contributed by atoms with Gasteiger partial charge in [0.1, 0.15) is 18.1 Å². The number of amides is 2. The molecule has 1 aromatic heterocycles. The number of carbonyl (C=O) groups excluding carboxylic acids is 3. The van der Waals surface area contributed by atoms with E-state index in [9.17, 15) is 14.4 Å². The van der Waals surface area contributed by atoms with E-state index in [1.165, 1.54) is 0 Å². The van der Waals surface area contributed by atoms with Crippen molar-refractivity contribution in [2.75, 3.05) is 13.2 Å². The van der Waals surface area contributed by atoms with E-state index in [0.29, 0.717) is 23.6 Å². The predicted octanol–water partition coefficient (Wildman–Crippen LogP) is 6.74. The van der Waals surface area contributed by atoms with E-state index in [0.717, 1.165) is 50.2 Å². The fraction of sp³-hybridized carbons (Fsp3) is 0.219. The molecule has 1 aliphatic rings. The summed E-state index contributed by atoms with van der Waals surface area (Å²) in [6.45, 7) is 6.65. The number of ether oxygens (including phenoxy) is 2. The van der Waals surface area contributed by atoms with Gasteiger partial charge in [0.05, 0.1) is 24.1 Å². The number of rotatable bonds is 10. The van der Waals surface area contributed by atoms with Crippen molar-refractivity contribution in [3.8, 4) is 11.5 Å². The number of ketones is 1. The molecule has 1 fully saturated rings. The Kier molecular flexibility index (Phi) is 8.07. The molecule has 0 aliphatic carbocycles. The maximum Gasteiger partial charge on any atom is 0.293 e. The maximum absolute atomic E-state index is 13.1. The Hall–Kier alpha value is -4.30. The molecule has 0 saturated carbocycles. The Labute approximate surface area is 237 Å². The van der Waals surface area contributed by atoms with Crippen LogP contribution in [0.4, 0.5) is 4.79 Å². The normalized spacial score (nSPS) is 14.5. The van der Waals surface area contributed by atoms with Gasteiger partial charge in [-0.2, -0.15) is 0 Å². The van der Waals surface area contributed by atoms with E-state index in [4.69, 9.17) is 9.47 Å². The lowest BCUT2D eigenvalue weighted by molar-refractivity contribution is -0.122. The highest BCUT2D eigenvalue weighted by atomic mass is 32.2. The van der Waals surface area contributed by atoms with E-state index in [1.54, 1.807) is 18.2 Å². The number of Topliss-reactive ketones (excluding diaryl/α,β-unsaturated/α-hetero) is 1. The first-order valence-electron chi connectivity index (χ1n) is 13.1. The number of aromatic nitrogens is 1. The van der Waals surface area contributed by atoms with Gasteiger partial charge in [0.2, 0.25) is 0 Å². The van der Waals surface area contributed by atoms with Crippen LogP contribution >= 0.6 is 11.8 Å². The largest absolute Gasteiger partial charge is 0.492 e. The molecule has 40 heavy (non-hydrogen) atoms. The van der Waals surface area contributed by atoms with Gasteiger partial charge in [0, 0.05) is 28.2 Å². The first kappa shape index (κ1) is 27.3. The quantitative estimate of drug-likeness (QED) is 0.160. The average Bonchev–Trinajstić information content (AvgIpc) is 3.41. The lowest BCUT2D eigenvalue weighted by atomic mass is 10.1. The van der Waals surface area contributed by atoms with Gasteiger partial charge in [-0.1, -0.05) is 48.0 Å². The number of fused-ring (bicyclic) bond motifs is 1. The lowest BCUT2D eigenvalue weighted by Gasteiger charge is -2.11. The summed E-state index contributed by atoms with van der Waals surface area (Å²) in [4.78, 5) is 39.8. The first-order valence-corrected chi connectivity index (χ1v) is 13.9. The summed E-state index contributed by atoms with van der Waals surface area (Å²) < 4.78 is 13.7. The van der Waals surface area contributed by atoms with Crippen molar-refractivity contribution in [1.29, 1.82) is 0 Å². The molecule has 3 aromatic carbocycles. The minimum atomic E-state index is -0.458. The van der Waals surface area contributed by atoms with Gasteiger partial charge in [-0.3, -0.25) is 19.3 Å². The molecule has 204 valence electrons. The standard InChI is InChI=1S/C32H30N2O5S/c1-21(2)39-26-14-12-25(13-15-26)38-17-16-33-19-24(27-6-4-5-7-28(27)33)18-30-31(36)34(32(37)40-30)20-29(35)23-10-8-22(3)9-11-23/h4-15,18-19,21H,16-17,20H2,1-3H3/b30-18-. The Balaban J connectivity index is 1.29. The second kappa shape index (κ2) is 11.8. The van der Waals surface area contributed by atoms with Crippen LogP contribution in [-0.2, 0) is 11.3 Å². The fourth-order valence-corrected chi connectivity index (χ4v) is 5.30. The van der Waals surface area contributed by atoms with Crippen molar-refractivity contribution in [2.24, 2.45) is 0 Å². The number of thioether (sulfide) groups is 1. The van der Waals surface area contributed by atoms with Gasteiger partial charge in [-0.15, -0.1) is 0 Å². The smallest absolute Gasteiger partial charge is 0.293 e. The van der Waals surface area contributed by atoms with Gasteiger partial charge in [0.25, 0.3) is 11.1 Å². The Morgan fingerprint density at radius 2 is 1.65 bits per heavy atom. The number of hydrogen-bond donors (Lipinski definition) is 0. The first-order chi connectivity index (χ1) is 19.3. The zero-order valence-electron chi connectivity index (χ0n) is 22.6. The second-order valence-electron chi connectivity index (χ2n) is 9.84. The molecular formula is C32H30N2O5S. The van der Waals surface area contributed by atoms with Crippen LogP contribution < -0.4 is 9.47 Å². The maximum atomic E-state index is 13.1. The summed E-state index contributed by atoms with van der Waals surface area (Å²) >= 11 is 0.856. The average molecular weight is 555 g/mol. The number of hydrogen-bond acceptors (Lipinski definition) is 6. The molecule has 4 aromatic rings. The van der Waals surface area contributed by atoms with Crippen molar-refractivity contribution >= 4 is 45.7 Å². The van der Waals surface area contributed by atoms with E-state index in [-0.39, 0.29) is 18.4 Å². The molecular weight excluding hydrogens is 524 g/mol. The molecule has 0 N–H and O–H groups in total. The summed E-state index contributed by atoms with van der Waals surface area (Å²) in [7, 11) is 0. The number of imide groups is 1. The lowest BCUT2D eigenvalue weighted by Crippen LogP contribution is -2.33. The van der Waals surface area contributed by atoms with Crippen molar-refractivity contribution in [1.82, 2.24) is 9.47 Å². The minimum absolute atomic E-state index is 0.109. The third-order valence-electron chi connectivity index (χ3n) is 6.45. The van der Waals surface area contributed by atoms with Crippen LogP contribution in [-0.4, -0.2) is 45.7 Å². The third kappa shape index (κ3) is 6.13. The Bertz CT molecular complexity index is 1590. The van der Waals surface area contributed by atoms with Gasteiger partial charge in [-0.25, -0.2) is 0 Å². The second-order valence-corrected chi connectivity index (χ2v) is 10.8. The highest BCUT2D eigenvalue weighted by Crippen LogP contribution is 2.34. The van der Waals surface area contributed by atoms with Gasteiger partial charge >= 0.3 is 0 Å². The van der Waals surface area contributed by atoms with Crippen LogP contribution in [0.2, 0.25) is 0 Å². The van der Waals surface area contributed by atoms with Crippen LogP contribution in [0.3, 0.4) is 0 Å². The molecule has 0 spiro atoms. The molecule has 1 aliphatic heterocycles. The molecule has 0 bridgehead atoms. The number of nitrogens with zero attached hydrogens (tertiary/aromatic N) is 2. The van der Waals surface area contributed by atoms with Crippen molar-refractivity contribution < 1.29 is 23.9 Å². The highest BCUT2D eigenvalue weighted by Gasteiger charge is 2.36. The minimum Gasteiger partial charge on any atom is -0.492 e. The van der Waals surface area contributed by atoms with E-state index in [2.05, 4.69) is 4.57 Å². The predicted molar refractivity (Wildman–Crippen MR) is 158 cm³/mol. The third-order valence-corrected chi connectivity index (χ3v) is 7.36. The molecule has 5 rings (SSSR count). The van der Waals surface area contributed by atoms with Crippen LogP contribution in [0.25, 0.3) is 17.0 Å². The van der Waals surface area contributed by atoms with E-state index >= 15 is 0 Å². The van der Waals surface area contributed by atoms with Crippen LogP contribution in [0, 0.1) is 6.92 Å². The van der Waals surface area contributed by atoms with Crippen LogP contribution in [0.5, 0.6) is 11.5 Å². The molecule has 1 saturated heterocycles. The molecule has 0 radical (unpaired) electrons. The summed E-state index contributed by atoms with van der Waals surface area (Å²) in [6, 6.07) is 22.5. The summed E-state index contributed by atoms with van der Waals surface area (Å²) in [5.74, 6) is 0.816. The fourth-order valence-electron chi connectivity index (χ4n) is 4.48. The SMILES string of the molecule is Cc1ccc(C(=O)CN2C(=O)S/C(=C\c3cn(CCOc4ccc(OC(C)C)cc4)c4ccccc34)C2=O)cc1. The van der Waals surface area contributed by atoms with Crippen LogP contribution in [0.1, 0.15) is 35.3 Å². The molecule has 0 unspecified atom stereocenters. The van der Waals surface area contributed by atoms with Gasteiger partial charge in [0.15, 0.2) is 5.78 Å². The van der Waals surface area contributed by atoms with Crippen molar-refractivity contribution in [3.63, 3.8) is 0 Å². The van der Waals surface area contributed by atoms with E-state index in [1.807, 2.05) is 87.6 Å².